The smallest absolute Gasteiger partial charge is 0.222 e. The van der Waals surface area contributed by atoms with E-state index in [2.05, 4.69) is 5.32 Å². The van der Waals surface area contributed by atoms with Crippen LogP contribution in [0.1, 0.15) is 19.8 Å². The number of nitrogens with zero attached hydrogens (tertiary/aromatic N) is 1. The molecule has 0 radical (unpaired) electrons. The Hall–Kier alpha value is -0.610. The first-order chi connectivity index (χ1) is 6.35. The Kier molecular flexibility index (Phi) is 5.72. The number of amides is 1. The van der Waals surface area contributed by atoms with Gasteiger partial charge >= 0.3 is 0 Å². The zero-order valence-electron chi connectivity index (χ0n) is 9.71. The summed E-state index contributed by atoms with van der Waals surface area (Å²) in [6, 6.07) is 0. The fraction of sp³-hybridized carbons (Fsp3) is 0.900. The van der Waals surface area contributed by atoms with Crippen molar-refractivity contribution in [2.45, 2.75) is 25.9 Å². The molecule has 1 atom stereocenters. The maximum Gasteiger partial charge on any atom is 0.222 e. The maximum absolute atomic E-state index is 11.2. The van der Waals surface area contributed by atoms with Crippen LogP contribution >= 0.6 is 0 Å². The van der Waals surface area contributed by atoms with Crippen LogP contribution in [0.25, 0.3) is 0 Å². The van der Waals surface area contributed by atoms with Crippen molar-refractivity contribution in [2.24, 2.45) is 0 Å². The molecule has 0 spiro atoms. The fourth-order valence-corrected chi connectivity index (χ4v) is 1.25. The predicted octanol–water partition coefficient (Wildman–Crippen LogP) is -0.0302. The van der Waals surface area contributed by atoms with Crippen LogP contribution in [-0.2, 0) is 4.79 Å². The van der Waals surface area contributed by atoms with Crippen LogP contribution < -0.4 is 5.32 Å². The zero-order valence-corrected chi connectivity index (χ0v) is 9.71. The minimum Gasteiger partial charge on any atom is -0.387 e. The van der Waals surface area contributed by atoms with Crippen molar-refractivity contribution in [1.82, 2.24) is 5.32 Å². The Morgan fingerprint density at radius 2 is 2.00 bits per heavy atom. The summed E-state index contributed by atoms with van der Waals surface area (Å²) < 4.78 is 0.669. The Balaban J connectivity index is 3.71. The van der Waals surface area contributed by atoms with Gasteiger partial charge in [-0.05, 0) is 6.42 Å². The number of quaternary nitrogens is 1. The van der Waals surface area contributed by atoms with Crippen molar-refractivity contribution in [2.75, 3.05) is 34.2 Å². The van der Waals surface area contributed by atoms with Crippen molar-refractivity contribution in [1.29, 1.82) is 0 Å². The Labute approximate surface area is 86.5 Å². The average molecular weight is 203 g/mol. The number of aliphatic hydroxyl groups excluding tert-OH is 1. The van der Waals surface area contributed by atoms with Gasteiger partial charge in [-0.1, -0.05) is 6.92 Å². The minimum atomic E-state index is -0.549. The molecular formula is C10H23N2O2+. The molecule has 0 rings (SSSR count). The third-order valence-corrected chi connectivity index (χ3v) is 1.75. The number of hydrogen-bond acceptors (Lipinski definition) is 2. The van der Waals surface area contributed by atoms with Crippen LogP contribution in [-0.4, -0.2) is 55.8 Å². The van der Waals surface area contributed by atoms with E-state index < -0.39 is 6.10 Å². The summed E-state index contributed by atoms with van der Waals surface area (Å²) in [5.74, 6) is -0.0622. The second-order valence-corrected chi connectivity index (χ2v) is 4.68. The van der Waals surface area contributed by atoms with E-state index in [1.807, 2.05) is 28.1 Å². The van der Waals surface area contributed by atoms with Gasteiger partial charge in [0.2, 0.25) is 5.91 Å². The topological polar surface area (TPSA) is 49.3 Å². The Bertz CT molecular complexity index is 175. The van der Waals surface area contributed by atoms with E-state index in [-0.39, 0.29) is 12.3 Å². The molecule has 84 valence electrons. The molecule has 14 heavy (non-hydrogen) atoms. The SMILES string of the molecule is CCCNC(=O)CC(O)C[N+](C)(C)C. The lowest BCUT2D eigenvalue weighted by Crippen LogP contribution is -2.43. The number of rotatable bonds is 6. The molecule has 0 fully saturated rings. The van der Waals surface area contributed by atoms with Crippen LogP contribution in [0.15, 0.2) is 0 Å². The van der Waals surface area contributed by atoms with Crippen molar-refractivity contribution in [3.8, 4) is 0 Å². The summed E-state index contributed by atoms with van der Waals surface area (Å²) in [5.41, 5.74) is 0. The molecule has 0 aliphatic rings. The molecule has 0 aromatic rings. The van der Waals surface area contributed by atoms with Gasteiger partial charge in [-0.15, -0.1) is 0 Å². The van der Waals surface area contributed by atoms with Gasteiger partial charge in [0.25, 0.3) is 0 Å². The molecule has 0 saturated carbocycles. The Morgan fingerprint density at radius 1 is 1.43 bits per heavy atom. The minimum absolute atomic E-state index is 0.0622. The standard InChI is InChI=1S/C10H22N2O2/c1-5-6-11-10(14)7-9(13)8-12(2,3)4/h9,13H,5-8H2,1-4H3/p+1. The van der Waals surface area contributed by atoms with E-state index in [1.54, 1.807) is 0 Å². The largest absolute Gasteiger partial charge is 0.387 e. The first-order valence-corrected chi connectivity index (χ1v) is 5.10. The van der Waals surface area contributed by atoms with Gasteiger partial charge in [0.1, 0.15) is 12.6 Å². The first kappa shape index (κ1) is 13.4. The highest BCUT2D eigenvalue weighted by Gasteiger charge is 2.18. The van der Waals surface area contributed by atoms with Gasteiger partial charge in [-0.3, -0.25) is 4.79 Å². The molecule has 0 aliphatic carbocycles. The van der Waals surface area contributed by atoms with Gasteiger partial charge < -0.3 is 14.9 Å². The van der Waals surface area contributed by atoms with E-state index in [9.17, 15) is 9.90 Å². The van der Waals surface area contributed by atoms with Crippen LogP contribution in [0.4, 0.5) is 0 Å². The number of carbonyl (C=O) groups is 1. The highest BCUT2D eigenvalue weighted by molar-refractivity contribution is 5.76. The molecule has 0 aromatic carbocycles. The second-order valence-electron chi connectivity index (χ2n) is 4.68. The lowest BCUT2D eigenvalue weighted by Gasteiger charge is -2.26. The van der Waals surface area contributed by atoms with Crippen LogP contribution in [0, 0.1) is 0 Å². The zero-order chi connectivity index (χ0) is 11.2. The number of carbonyl (C=O) groups excluding carboxylic acids is 1. The summed E-state index contributed by atoms with van der Waals surface area (Å²) in [6.07, 6.45) is 0.582. The van der Waals surface area contributed by atoms with E-state index in [0.29, 0.717) is 17.6 Å². The van der Waals surface area contributed by atoms with Crippen LogP contribution in [0.2, 0.25) is 0 Å². The quantitative estimate of drug-likeness (QED) is 0.596. The molecule has 4 nitrogen and oxygen atoms in total. The lowest BCUT2D eigenvalue weighted by atomic mass is 10.2. The summed E-state index contributed by atoms with van der Waals surface area (Å²) in [5, 5.41) is 12.3. The van der Waals surface area contributed by atoms with Crippen LogP contribution in [0.5, 0.6) is 0 Å². The Morgan fingerprint density at radius 3 is 2.43 bits per heavy atom. The molecule has 0 saturated heterocycles. The molecule has 0 bridgehead atoms. The van der Waals surface area contributed by atoms with Crippen LogP contribution in [0.3, 0.4) is 0 Å². The molecule has 4 heteroatoms. The van der Waals surface area contributed by atoms with Gasteiger partial charge in [-0.2, -0.15) is 0 Å². The van der Waals surface area contributed by atoms with E-state index in [1.165, 1.54) is 0 Å². The van der Waals surface area contributed by atoms with E-state index in [0.717, 1.165) is 6.42 Å². The molecule has 0 aliphatic heterocycles. The number of likely N-dealkylation sites (N-methyl/N-ethyl adjacent to an activating group) is 1. The number of aliphatic hydroxyl groups is 1. The predicted molar refractivity (Wildman–Crippen MR) is 56.8 cm³/mol. The second kappa shape index (κ2) is 5.98. The summed E-state index contributed by atoms with van der Waals surface area (Å²) in [4.78, 5) is 11.2. The van der Waals surface area contributed by atoms with Crippen molar-refractivity contribution < 1.29 is 14.4 Å². The molecule has 1 unspecified atom stereocenters. The third kappa shape index (κ3) is 8.01. The average Bonchev–Trinajstić information content (AvgIpc) is 1.96. The first-order valence-electron chi connectivity index (χ1n) is 5.10. The molecular weight excluding hydrogens is 180 g/mol. The van der Waals surface area contributed by atoms with Crippen molar-refractivity contribution in [3.63, 3.8) is 0 Å². The normalized spacial score (nSPS) is 13.8. The van der Waals surface area contributed by atoms with Gasteiger partial charge in [-0.25, -0.2) is 0 Å². The maximum atomic E-state index is 11.2. The fourth-order valence-electron chi connectivity index (χ4n) is 1.25. The van der Waals surface area contributed by atoms with Gasteiger partial charge in [0.05, 0.1) is 27.6 Å². The molecule has 1 amide bonds. The highest BCUT2D eigenvalue weighted by atomic mass is 16.3. The summed E-state index contributed by atoms with van der Waals surface area (Å²) >= 11 is 0. The monoisotopic (exact) mass is 203 g/mol. The molecule has 2 N–H and O–H groups in total. The molecule has 0 heterocycles. The van der Waals surface area contributed by atoms with Gasteiger partial charge in [0.15, 0.2) is 0 Å². The third-order valence-electron chi connectivity index (χ3n) is 1.75. The number of hydrogen-bond donors (Lipinski definition) is 2. The highest BCUT2D eigenvalue weighted by Crippen LogP contribution is 1.99. The summed E-state index contributed by atoms with van der Waals surface area (Å²) in [6.45, 7) is 3.29. The number of nitrogens with one attached hydrogen (secondary N) is 1. The van der Waals surface area contributed by atoms with Crippen molar-refractivity contribution >= 4 is 5.91 Å². The summed E-state index contributed by atoms with van der Waals surface area (Å²) in [7, 11) is 5.98. The van der Waals surface area contributed by atoms with E-state index in [4.69, 9.17) is 0 Å². The van der Waals surface area contributed by atoms with Gasteiger partial charge in [0, 0.05) is 6.54 Å². The lowest BCUT2D eigenvalue weighted by molar-refractivity contribution is -0.873. The van der Waals surface area contributed by atoms with E-state index >= 15 is 0 Å². The molecule has 0 aromatic heterocycles. The van der Waals surface area contributed by atoms with Crippen molar-refractivity contribution in [3.05, 3.63) is 0 Å².